The van der Waals surface area contributed by atoms with Gasteiger partial charge in [0.1, 0.15) is 0 Å². The summed E-state index contributed by atoms with van der Waals surface area (Å²) >= 11 is 0. The van der Waals surface area contributed by atoms with E-state index in [0.717, 1.165) is 134 Å². The molecule has 0 aliphatic heterocycles. The molecule has 0 atom stereocenters. The molecule has 4 aromatic heterocycles. The number of halogens is 6. The number of aromatic nitrogens is 2. The lowest BCUT2D eigenvalue weighted by Gasteiger charge is -2.26. The molecular weight excluding hydrogens is 1010 g/mol. The molecule has 2 nitrogen and oxygen atoms in total. The average Bonchev–Trinajstić information content (AvgIpc) is 3.68. The quantitative estimate of drug-likeness (QED) is 0.155. The Bertz CT molecular complexity index is 4300. The molecule has 0 saturated carbocycles. The lowest BCUT2D eigenvalue weighted by molar-refractivity contribution is -0.138. The van der Waals surface area contributed by atoms with E-state index in [9.17, 15) is 26.3 Å². The number of hydrogen-bond donors (Lipinski definition) is 0. The Morgan fingerprint density at radius 3 is 0.863 bits per heavy atom. The molecule has 0 spiro atoms. The van der Waals surface area contributed by atoms with Crippen LogP contribution in [0.1, 0.15) is 116 Å². The van der Waals surface area contributed by atoms with Crippen molar-refractivity contribution in [1.82, 2.24) is 8.80 Å². The number of rotatable bonds is 4. The number of hydrogen-bond acceptors (Lipinski definition) is 0. The van der Waals surface area contributed by atoms with E-state index in [0.29, 0.717) is 11.1 Å². The van der Waals surface area contributed by atoms with Gasteiger partial charge in [0.15, 0.2) is 0 Å². The average molecular weight is 1070 g/mol. The van der Waals surface area contributed by atoms with Crippen molar-refractivity contribution < 1.29 is 26.3 Å². The smallest absolute Gasteiger partial charge is 0.307 e. The van der Waals surface area contributed by atoms with E-state index in [4.69, 9.17) is 0 Å². The molecule has 0 radical (unpaired) electrons. The van der Waals surface area contributed by atoms with E-state index >= 15 is 0 Å². The standard InChI is InChI=1S/C72H62F6N2/c1-67(2,3)47-31-43(32-48(37-47)68(4,5)6)51-15-13-17-55-61-59-54-30-24-42(40-21-27-46(28-22-40)72(76,77)78)36-58(54)80-64-52(44-33-49(69(7,8)9)38-50(34-44)70(10,11)12)16-14-18-56(64)62(66(59)80)60-53-29-23-41(35-57(53)79(63(51)55)65(60)61)39-19-25-45(26-20-39)71(73,74)75/h13-38H,1-12H3. The Balaban J connectivity index is 1.24. The van der Waals surface area contributed by atoms with Gasteiger partial charge in [0, 0.05) is 54.2 Å². The summed E-state index contributed by atoms with van der Waals surface area (Å²) in [6.07, 6.45) is -8.94. The maximum atomic E-state index is 14.0. The Kier molecular flexibility index (Phi) is 10.9. The molecule has 402 valence electrons. The van der Waals surface area contributed by atoms with Crippen molar-refractivity contribution in [1.29, 1.82) is 0 Å². The lowest BCUT2D eigenvalue weighted by atomic mass is 9.78. The molecule has 0 amide bonds. The summed E-state index contributed by atoms with van der Waals surface area (Å²) in [5, 5.41) is 8.45. The molecule has 0 saturated heterocycles. The first-order valence-corrected chi connectivity index (χ1v) is 27.5. The van der Waals surface area contributed by atoms with Crippen LogP contribution in [0.4, 0.5) is 26.3 Å². The first-order valence-electron chi connectivity index (χ1n) is 27.5. The highest BCUT2D eigenvalue weighted by molar-refractivity contribution is 6.46. The van der Waals surface area contributed by atoms with Crippen LogP contribution < -0.4 is 0 Å². The van der Waals surface area contributed by atoms with Gasteiger partial charge in [0.25, 0.3) is 0 Å². The first-order chi connectivity index (χ1) is 37.5. The van der Waals surface area contributed by atoms with Gasteiger partial charge in [-0.15, -0.1) is 0 Å². The predicted molar refractivity (Wildman–Crippen MR) is 322 cm³/mol. The Hall–Kier alpha value is -7.84. The molecule has 0 aliphatic rings. The Morgan fingerprint density at radius 2 is 0.562 bits per heavy atom. The van der Waals surface area contributed by atoms with Crippen molar-refractivity contribution in [3.8, 4) is 44.5 Å². The van der Waals surface area contributed by atoms with Crippen molar-refractivity contribution in [3.63, 3.8) is 0 Å². The highest BCUT2D eigenvalue weighted by Gasteiger charge is 2.34. The highest BCUT2D eigenvalue weighted by Crippen LogP contribution is 2.55. The molecule has 0 fully saturated rings. The Labute approximate surface area is 462 Å². The normalized spacial score (nSPS) is 13.6. The summed E-state index contributed by atoms with van der Waals surface area (Å²) in [6, 6.07) is 50.8. The summed E-state index contributed by atoms with van der Waals surface area (Å²) < 4.78 is 88.7. The van der Waals surface area contributed by atoms with Crippen LogP contribution in [0.15, 0.2) is 158 Å². The molecule has 0 N–H and O–H groups in total. The highest BCUT2D eigenvalue weighted by atomic mass is 19.4. The lowest BCUT2D eigenvalue weighted by Crippen LogP contribution is -2.16. The van der Waals surface area contributed by atoms with E-state index in [-0.39, 0.29) is 21.7 Å². The minimum atomic E-state index is -4.47. The second-order valence-electron chi connectivity index (χ2n) is 26.5. The maximum Gasteiger partial charge on any atom is 0.416 e. The summed E-state index contributed by atoms with van der Waals surface area (Å²) in [5.41, 5.74) is 16.2. The van der Waals surface area contributed by atoms with Crippen molar-refractivity contribution in [2.45, 2.75) is 117 Å². The molecule has 0 aliphatic carbocycles. The van der Waals surface area contributed by atoms with Gasteiger partial charge in [-0.3, -0.25) is 0 Å². The van der Waals surface area contributed by atoms with Crippen molar-refractivity contribution >= 4 is 76.2 Å². The number of nitrogens with zero attached hydrogens (tertiary/aromatic N) is 2. The van der Waals surface area contributed by atoms with E-state index in [2.05, 4.69) is 189 Å². The van der Waals surface area contributed by atoms with E-state index in [1.54, 1.807) is 24.3 Å². The zero-order valence-electron chi connectivity index (χ0n) is 47.2. The number of fused-ring (bicyclic) bond motifs is 14. The molecule has 80 heavy (non-hydrogen) atoms. The first kappa shape index (κ1) is 51.6. The molecular formula is C72H62F6N2. The fourth-order valence-electron chi connectivity index (χ4n) is 12.6. The maximum absolute atomic E-state index is 14.0. The minimum Gasteiger partial charge on any atom is -0.307 e. The van der Waals surface area contributed by atoms with Crippen LogP contribution in [0.3, 0.4) is 0 Å². The third kappa shape index (κ3) is 7.90. The van der Waals surface area contributed by atoms with Gasteiger partial charge in [0.2, 0.25) is 0 Å². The van der Waals surface area contributed by atoms with Crippen LogP contribution >= 0.6 is 0 Å². The number of para-hydroxylation sites is 2. The van der Waals surface area contributed by atoms with Gasteiger partial charge in [-0.1, -0.05) is 204 Å². The van der Waals surface area contributed by atoms with Crippen molar-refractivity contribution in [2.75, 3.05) is 0 Å². The zero-order valence-corrected chi connectivity index (χ0v) is 47.2. The predicted octanol–water partition coefficient (Wildman–Crippen LogP) is 21.9. The molecule has 9 aromatic carbocycles. The topological polar surface area (TPSA) is 8.82 Å². The zero-order chi connectivity index (χ0) is 56.7. The molecule has 0 bridgehead atoms. The molecule has 8 heteroatoms. The molecule has 13 rings (SSSR count). The van der Waals surface area contributed by atoms with E-state index in [1.165, 1.54) is 22.3 Å². The van der Waals surface area contributed by atoms with Crippen molar-refractivity contribution in [3.05, 3.63) is 191 Å². The molecule has 0 unspecified atom stereocenters. The van der Waals surface area contributed by atoms with Crippen LogP contribution in [0.5, 0.6) is 0 Å². The van der Waals surface area contributed by atoms with Gasteiger partial charge < -0.3 is 8.80 Å². The summed E-state index contributed by atoms with van der Waals surface area (Å²) in [4.78, 5) is 0. The number of alkyl halides is 6. The van der Waals surface area contributed by atoms with Gasteiger partial charge >= 0.3 is 12.4 Å². The second-order valence-corrected chi connectivity index (χ2v) is 26.5. The van der Waals surface area contributed by atoms with Crippen LogP contribution in [0.25, 0.3) is 121 Å². The van der Waals surface area contributed by atoms with E-state index in [1.807, 2.05) is 12.1 Å². The Morgan fingerprint density at radius 1 is 0.263 bits per heavy atom. The van der Waals surface area contributed by atoms with Gasteiger partial charge in [-0.05, 0) is 114 Å². The largest absolute Gasteiger partial charge is 0.416 e. The van der Waals surface area contributed by atoms with Crippen LogP contribution in [-0.2, 0) is 34.0 Å². The second kappa shape index (κ2) is 16.9. The monoisotopic (exact) mass is 1070 g/mol. The number of benzene rings is 9. The fraction of sp³-hybridized carbons (Fsp3) is 0.250. The van der Waals surface area contributed by atoms with Gasteiger partial charge in [0.05, 0.1) is 44.2 Å². The minimum absolute atomic E-state index is 0.158. The summed E-state index contributed by atoms with van der Waals surface area (Å²) in [6.45, 7) is 27.0. The third-order valence-corrected chi connectivity index (χ3v) is 17.0. The van der Waals surface area contributed by atoms with E-state index < -0.39 is 23.5 Å². The van der Waals surface area contributed by atoms with Crippen molar-refractivity contribution in [2.24, 2.45) is 0 Å². The van der Waals surface area contributed by atoms with Gasteiger partial charge in [-0.2, -0.15) is 26.3 Å². The SMILES string of the molecule is CC(C)(C)c1cc(-c2cccc3c4c5c6ccc(-c7ccc(C(F)(F)F)cc7)cc6n6c7c(-c8cc(C(C)(C)C)cc(C(C)(C)C)c8)cccc7c(c7c8ccc(-c9ccc(C(F)(F)F)cc9)cc8n(c23)c74)c56)cc(C(C)(C)C)c1. The molecule has 13 aromatic rings. The van der Waals surface area contributed by atoms with Crippen LogP contribution in [0, 0.1) is 0 Å². The molecule has 4 heterocycles. The fourth-order valence-corrected chi connectivity index (χ4v) is 12.6. The van der Waals surface area contributed by atoms with Gasteiger partial charge in [-0.25, -0.2) is 0 Å². The third-order valence-electron chi connectivity index (χ3n) is 17.0. The van der Waals surface area contributed by atoms with Crippen LogP contribution in [0.2, 0.25) is 0 Å². The summed E-state index contributed by atoms with van der Waals surface area (Å²) in [7, 11) is 0. The summed E-state index contributed by atoms with van der Waals surface area (Å²) in [5.74, 6) is 0. The van der Waals surface area contributed by atoms with Crippen LogP contribution in [-0.4, -0.2) is 8.80 Å².